The molecule has 4 aliphatic heterocycles. The molecule has 4 heterocycles. The molecule has 0 spiro atoms. The van der Waals surface area contributed by atoms with Gasteiger partial charge in [-0.05, 0) is 62.6 Å². The smallest absolute Gasteiger partial charge is 0.336 e. The summed E-state index contributed by atoms with van der Waals surface area (Å²) in [7, 11) is 3.04. The van der Waals surface area contributed by atoms with E-state index >= 15 is 0 Å². The lowest BCUT2D eigenvalue weighted by molar-refractivity contribution is -0.143. The highest BCUT2D eigenvalue weighted by Gasteiger charge is 2.47. The number of hydrogen-bond acceptors (Lipinski definition) is 9. The Hall–Kier alpha value is -3.09. The van der Waals surface area contributed by atoms with Crippen LogP contribution in [0.2, 0.25) is 10.0 Å². The first-order valence-electron chi connectivity index (χ1n) is 16.7. The van der Waals surface area contributed by atoms with Crippen molar-refractivity contribution in [2.24, 2.45) is 10.9 Å². The molecule has 0 aromatic heterocycles. The van der Waals surface area contributed by atoms with Crippen LogP contribution in [-0.2, 0) is 34.7 Å². The maximum absolute atomic E-state index is 14.0. The number of amides is 1. The number of hydrogen-bond donors (Lipinski definition) is 1. The number of nitrogens with zero attached hydrogens (tertiary/aromatic N) is 3. The molecular weight excluding hydrogens is 687 g/mol. The zero-order valence-corrected chi connectivity index (χ0v) is 30.2. The van der Waals surface area contributed by atoms with Gasteiger partial charge in [-0.2, -0.15) is 0 Å². The minimum absolute atomic E-state index is 0.00874. The molecular formula is C36H42Cl2N4O6S. The third-order valence-corrected chi connectivity index (χ3v) is 12.5. The van der Waals surface area contributed by atoms with Crippen LogP contribution in [0.1, 0.15) is 50.0 Å². The van der Waals surface area contributed by atoms with Gasteiger partial charge in [-0.25, -0.2) is 4.79 Å². The highest BCUT2D eigenvalue weighted by molar-refractivity contribution is 7.85. The van der Waals surface area contributed by atoms with Gasteiger partial charge in [-0.3, -0.25) is 23.7 Å². The maximum atomic E-state index is 14.0. The van der Waals surface area contributed by atoms with Crippen molar-refractivity contribution in [2.45, 2.75) is 73.5 Å². The SMILES string of the molecule is COC(=O)C1=C(C[S@](=O)c2ccccc2)N=C(CC(=O)N2CC[C@H](NC3CC4CCCC3N4C)C2)C(C(=O)OC)[C@@H]1c1c(Cl)cccc1Cl. The van der Waals surface area contributed by atoms with Crippen LogP contribution >= 0.6 is 23.2 Å². The standard InChI is InChI=1S/C36H42Cl2N4O6S/c1-41-22-9-7-14-29(41)26(17-22)39-21-15-16-42(19-21)30(43)18-27-32(35(44)47-2)34(31-24(37)12-8-13-25(31)38)33(36(45)48-3)28(40-27)20-49(46)23-10-5-4-6-11-23/h4-6,8,10-13,21-22,26,29,32,34,39H,7,9,14-20H2,1-3H3/t21-,22?,26?,29?,32?,34-,49-/m0/s1. The van der Waals surface area contributed by atoms with Gasteiger partial charge in [0.15, 0.2) is 0 Å². The molecule has 262 valence electrons. The van der Waals surface area contributed by atoms with Crippen LogP contribution in [0, 0.1) is 5.92 Å². The molecule has 4 unspecified atom stereocenters. The molecule has 3 fully saturated rings. The molecule has 13 heteroatoms. The number of ether oxygens (including phenoxy) is 2. The van der Waals surface area contributed by atoms with Crippen LogP contribution in [-0.4, -0.2) is 102 Å². The van der Waals surface area contributed by atoms with Crippen LogP contribution in [0.4, 0.5) is 0 Å². The minimum Gasteiger partial charge on any atom is -0.468 e. The van der Waals surface area contributed by atoms with Gasteiger partial charge in [0.25, 0.3) is 0 Å². The van der Waals surface area contributed by atoms with Crippen molar-refractivity contribution in [3.63, 3.8) is 0 Å². The largest absolute Gasteiger partial charge is 0.468 e. The Morgan fingerprint density at radius 3 is 2.41 bits per heavy atom. The lowest BCUT2D eigenvalue weighted by Gasteiger charge is -2.34. The van der Waals surface area contributed by atoms with E-state index in [0.29, 0.717) is 41.7 Å². The zero-order valence-electron chi connectivity index (χ0n) is 27.9. The number of likely N-dealkylation sites (N-methyl/N-ethyl adjacent to an activating group) is 1. The summed E-state index contributed by atoms with van der Waals surface area (Å²) >= 11 is 13.5. The van der Waals surface area contributed by atoms with Crippen molar-refractivity contribution < 1.29 is 28.1 Å². The van der Waals surface area contributed by atoms with Crippen molar-refractivity contribution in [3.8, 4) is 0 Å². The van der Waals surface area contributed by atoms with Gasteiger partial charge in [0, 0.05) is 63.8 Å². The first kappa shape index (κ1) is 35.7. The predicted molar refractivity (Wildman–Crippen MR) is 189 cm³/mol. The fraction of sp³-hybridized carbons (Fsp3) is 0.500. The van der Waals surface area contributed by atoms with Crippen molar-refractivity contribution in [1.82, 2.24) is 15.1 Å². The number of piperidine rings is 1. The summed E-state index contributed by atoms with van der Waals surface area (Å²) in [6.45, 7) is 1.11. The van der Waals surface area contributed by atoms with Crippen LogP contribution in [0.15, 0.2) is 69.7 Å². The Labute approximate surface area is 299 Å². The van der Waals surface area contributed by atoms with Gasteiger partial charge in [0.2, 0.25) is 5.91 Å². The number of carbonyl (C=O) groups is 3. The monoisotopic (exact) mass is 728 g/mol. The number of nitrogens with one attached hydrogen (secondary N) is 1. The summed E-state index contributed by atoms with van der Waals surface area (Å²) in [6.07, 6.45) is 5.40. The summed E-state index contributed by atoms with van der Waals surface area (Å²) in [6, 6.07) is 15.4. The Kier molecular flexibility index (Phi) is 11.3. The number of likely N-dealkylation sites (tertiary alicyclic amines) is 1. The Morgan fingerprint density at radius 1 is 1.00 bits per heavy atom. The van der Waals surface area contributed by atoms with Crippen molar-refractivity contribution in [1.29, 1.82) is 0 Å². The van der Waals surface area contributed by atoms with Crippen LogP contribution in [0.5, 0.6) is 0 Å². The molecule has 0 radical (unpaired) electrons. The fourth-order valence-corrected chi connectivity index (χ4v) is 9.81. The number of aliphatic imine (C=N–C) groups is 1. The lowest BCUT2D eigenvalue weighted by Crippen LogP contribution is -2.48. The summed E-state index contributed by atoms with van der Waals surface area (Å²) in [5, 5.41) is 4.27. The van der Waals surface area contributed by atoms with Gasteiger partial charge in [0.1, 0.15) is 5.92 Å². The number of benzene rings is 2. The highest BCUT2D eigenvalue weighted by Crippen LogP contribution is 2.46. The molecule has 0 saturated carbocycles. The Bertz CT molecular complexity index is 1670. The molecule has 49 heavy (non-hydrogen) atoms. The van der Waals surface area contributed by atoms with Gasteiger partial charge >= 0.3 is 11.9 Å². The molecule has 0 aliphatic carbocycles. The Morgan fingerprint density at radius 2 is 1.73 bits per heavy atom. The number of halogens is 2. The highest BCUT2D eigenvalue weighted by atomic mass is 35.5. The second-order valence-corrected chi connectivity index (χ2v) is 15.5. The molecule has 6 rings (SSSR count). The first-order valence-corrected chi connectivity index (χ1v) is 18.8. The molecule has 1 amide bonds. The second-order valence-electron chi connectivity index (χ2n) is 13.2. The molecule has 3 saturated heterocycles. The normalized spacial score (nSPS) is 27.5. The van der Waals surface area contributed by atoms with Crippen LogP contribution in [0.3, 0.4) is 0 Å². The van der Waals surface area contributed by atoms with Gasteiger partial charge < -0.3 is 19.7 Å². The molecule has 7 atom stereocenters. The maximum Gasteiger partial charge on any atom is 0.336 e. The van der Waals surface area contributed by atoms with E-state index in [1.165, 1.54) is 33.5 Å². The van der Waals surface area contributed by atoms with Crippen molar-refractivity contribution >= 4 is 57.6 Å². The van der Waals surface area contributed by atoms with E-state index in [4.69, 9.17) is 37.7 Å². The summed E-state index contributed by atoms with van der Waals surface area (Å²) in [5.41, 5.74) is 0.607. The van der Waals surface area contributed by atoms with Crippen molar-refractivity contribution in [2.75, 3.05) is 40.1 Å². The topological polar surface area (TPSA) is 118 Å². The third-order valence-electron chi connectivity index (χ3n) is 10.5. The van der Waals surface area contributed by atoms with E-state index in [1.54, 1.807) is 47.4 Å². The number of rotatable bonds is 10. The van der Waals surface area contributed by atoms with Gasteiger partial charge in [0.05, 0.1) is 48.5 Å². The summed E-state index contributed by atoms with van der Waals surface area (Å²) in [5.74, 6) is -4.20. The molecule has 1 N–H and O–H groups in total. The van der Waals surface area contributed by atoms with Crippen LogP contribution < -0.4 is 5.32 Å². The molecule has 10 nitrogen and oxygen atoms in total. The van der Waals surface area contributed by atoms with Crippen molar-refractivity contribution in [3.05, 3.63) is 75.4 Å². The van der Waals surface area contributed by atoms with E-state index < -0.39 is 34.6 Å². The third kappa shape index (κ3) is 7.37. The number of methoxy groups -OCH3 is 2. The number of carbonyl (C=O) groups excluding carboxylic acids is 3. The summed E-state index contributed by atoms with van der Waals surface area (Å²) in [4.78, 5) is 50.9. The Balaban J connectivity index is 1.33. The average molecular weight is 730 g/mol. The predicted octanol–water partition coefficient (Wildman–Crippen LogP) is 4.76. The van der Waals surface area contributed by atoms with E-state index in [9.17, 15) is 18.6 Å². The molecule has 2 aromatic rings. The average Bonchev–Trinajstić information content (AvgIpc) is 3.61. The molecule has 2 bridgehead atoms. The number of esters is 2. The van der Waals surface area contributed by atoms with Crippen LogP contribution in [0.25, 0.3) is 0 Å². The minimum atomic E-state index is -1.63. The molecule has 4 aliphatic rings. The fourth-order valence-electron chi connectivity index (χ4n) is 8.09. The van der Waals surface area contributed by atoms with Gasteiger partial charge in [-0.1, -0.05) is 53.9 Å². The second kappa shape index (κ2) is 15.4. The van der Waals surface area contributed by atoms with E-state index in [0.717, 1.165) is 12.8 Å². The van der Waals surface area contributed by atoms with E-state index in [-0.39, 0.29) is 51.1 Å². The van der Waals surface area contributed by atoms with Gasteiger partial charge in [-0.15, -0.1) is 0 Å². The first-order chi connectivity index (χ1) is 23.6. The van der Waals surface area contributed by atoms with E-state index in [2.05, 4.69) is 17.3 Å². The zero-order chi connectivity index (χ0) is 34.8. The number of fused-ring (bicyclic) bond motifs is 2. The summed E-state index contributed by atoms with van der Waals surface area (Å²) < 4.78 is 24.1. The molecule has 2 aromatic carbocycles. The lowest BCUT2D eigenvalue weighted by atomic mass is 9.74. The quantitative estimate of drug-likeness (QED) is 0.348. The van der Waals surface area contributed by atoms with E-state index in [1.807, 2.05) is 6.07 Å².